The minimum absolute atomic E-state index is 0.138. The van der Waals surface area contributed by atoms with Crippen molar-refractivity contribution >= 4 is 17.7 Å². The molecule has 0 saturated carbocycles. The number of piperazine rings is 1. The van der Waals surface area contributed by atoms with Gasteiger partial charge < -0.3 is 14.4 Å². The van der Waals surface area contributed by atoms with Gasteiger partial charge in [-0.25, -0.2) is 4.39 Å². The molecule has 1 fully saturated rings. The summed E-state index contributed by atoms with van der Waals surface area (Å²) in [7, 11) is 0. The SMILES string of the molecule is Cc1cc(/C=C(\C#N)C(=O)N2CCN(c3ccccc3F)CC2)c(C)n1CC(C)C. The van der Waals surface area contributed by atoms with E-state index in [1.54, 1.807) is 23.1 Å². The molecule has 0 atom stereocenters. The molecule has 1 aliphatic rings. The molecule has 2 heterocycles. The third-order valence-corrected chi connectivity index (χ3v) is 5.57. The Labute approximate surface area is 178 Å². The van der Waals surface area contributed by atoms with E-state index in [0.717, 1.165) is 23.5 Å². The number of para-hydroxylation sites is 1. The van der Waals surface area contributed by atoms with Crippen LogP contribution in [0.3, 0.4) is 0 Å². The molecule has 1 amide bonds. The highest BCUT2D eigenvalue weighted by molar-refractivity contribution is 6.02. The number of aryl methyl sites for hydroxylation is 1. The molecule has 30 heavy (non-hydrogen) atoms. The van der Waals surface area contributed by atoms with Crippen LogP contribution in [0.5, 0.6) is 0 Å². The fourth-order valence-electron chi connectivity index (χ4n) is 3.95. The fraction of sp³-hybridized carbons (Fsp3) is 0.417. The van der Waals surface area contributed by atoms with Crippen LogP contribution in [-0.2, 0) is 11.3 Å². The Morgan fingerprint density at radius 1 is 1.20 bits per heavy atom. The van der Waals surface area contributed by atoms with Crippen LogP contribution in [0.4, 0.5) is 10.1 Å². The average Bonchev–Trinajstić information content (AvgIpc) is 2.99. The summed E-state index contributed by atoms with van der Waals surface area (Å²) >= 11 is 0. The van der Waals surface area contributed by atoms with E-state index in [-0.39, 0.29) is 17.3 Å². The average molecular weight is 409 g/mol. The summed E-state index contributed by atoms with van der Waals surface area (Å²) < 4.78 is 16.3. The normalized spacial score (nSPS) is 14.9. The van der Waals surface area contributed by atoms with Crippen molar-refractivity contribution in [2.24, 2.45) is 5.92 Å². The van der Waals surface area contributed by atoms with Crippen molar-refractivity contribution in [3.8, 4) is 6.07 Å². The Morgan fingerprint density at radius 3 is 2.47 bits per heavy atom. The molecule has 0 radical (unpaired) electrons. The van der Waals surface area contributed by atoms with Crippen LogP contribution in [0.2, 0.25) is 0 Å². The zero-order valence-corrected chi connectivity index (χ0v) is 18.2. The highest BCUT2D eigenvalue weighted by Gasteiger charge is 2.25. The zero-order valence-electron chi connectivity index (χ0n) is 18.2. The molecule has 3 rings (SSSR count). The number of nitriles is 1. The molecule has 1 saturated heterocycles. The second kappa shape index (κ2) is 9.17. The lowest BCUT2D eigenvalue weighted by molar-refractivity contribution is -0.126. The van der Waals surface area contributed by atoms with Crippen LogP contribution in [0.1, 0.15) is 30.8 Å². The van der Waals surface area contributed by atoms with Crippen LogP contribution >= 0.6 is 0 Å². The Morgan fingerprint density at radius 2 is 1.87 bits per heavy atom. The number of aromatic nitrogens is 1. The summed E-state index contributed by atoms with van der Waals surface area (Å²) in [6.45, 7) is 11.3. The predicted octanol–water partition coefficient (Wildman–Crippen LogP) is 4.16. The van der Waals surface area contributed by atoms with Crippen molar-refractivity contribution in [1.29, 1.82) is 5.26 Å². The maximum atomic E-state index is 14.0. The number of hydrogen-bond donors (Lipinski definition) is 0. The first-order valence-corrected chi connectivity index (χ1v) is 10.4. The number of benzene rings is 1. The molecule has 1 aromatic heterocycles. The Kier molecular flexibility index (Phi) is 6.61. The van der Waals surface area contributed by atoms with Gasteiger partial charge in [0.1, 0.15) is 17.5 Å². The first-order valence-electron chi connectivity index (χ1n) is 10.4. The van der Waals surface area contributed by atoms with Gasteiger partial charge in [-0.1, -0.05) is 26.0 Å². The number of halogens is 1. The number of rotatable bonds is 5. The quantitative estimate of drug-likeness (QED) is 0.552. The van der Waals surface area contributed by atoms with E-state index in [2.05, 4.69) is 24.5 Å². The van der Waals surface area contributed by atoms with E-state index in [0.29, 0.717) is 37.8 Å². The molecule has 0 N–H and O–H groups in total. The molecule has 1 aliphatic heterocycles. The van der Waals surface area contributed by atoms with Gasteiger partial charge in [0, 0.05) is 44.1 Å². The monoisotopic (exact) mass is 408 g/mol. The van der Waals surface area contributed by atoms with Crippen LogP contribution in [0.25, 0.3) is 6.08 Å². The largest absolute Gasteiger partial charge is 0.366 e. The van der Waals surface area contributed by atoms with E-state index in [9.17, 15) is 14.4 Å². The number of hydrogen-bond acceptors (Lipinski definition) is 3. The summed E-state index contributed by atoms with van der Waals surface area (Å²) in [6.07, 6.45) is 1.70. The topological polar surface area (TPSA) is 52.3 Å². The predicted molar refractivity (Wildman–Crippen MR) is 118 cm³/mol. The van der Waals surface area contributed by atoms with Crippen molar-refractivity contribution in [3.63, 3.8) is 0 Å². The van der Waals surface area contributed by atoms with Gasteiger partial charge in [-0.15, -0.1) is 0 Å². The summed E-state index contributed by atoms with van der Waals surface area (Å²) in [6, 6.07) is 10.8. The van der Waals surface area contributed by atoms with Crippen molar-refractivity contribution in [3.05, 3.63) is 58.7 Å². The van der Waals surface area contributed by atoms with Gasteiger partial charge in [0.15, 0.2) is 0 Å². The fourth-order valence-corrected chi connectivity index (χ4v) is 3.95. The van der Waals surface area contributed by atoms with Gasteiger partial charge in [0.2, 0.25) is 0 Å². The smallest absolute Gasteiger partial charge is 0.264 e. The van der Waals surface area contributed by atoms with Gasteiger partial charge in [-0.3, -0.25) is 4.79 Å². The molecule has 5 nitrogen and oxygen atoms in total. The molecule has 0 aliphatic carbocycles. The summed E-state index contributed by atoms with van der Waals surface area (Å²) in [5.41, 5.74) is 3.78. The first-order chi connectivity index (χ1) is 14.3. The van der Waals surface area contributed by atoms with Gasteiger partial charge in [-0.2, -0.15) is 5.26 Å². The molecule has 0 unspecified atom stereocenters. The van der Waals surface area contributed by atoms with E-state index >= 15 is 0 Å². The standard InChI is InChI=1S/C24H29FN4O/c1-17(2)16-29-18(3)13-20(19(29)4)14-21(15-26)24(30)28-11-9-27(10-12-28)23-8-6-5-7-22(23)25/h5-8,13-14,17H,9-12,16H2,1-4H3/b21-14+. The minimum Gasteiger partial charge on any atom is -0.366 e. The van der Waals surface area contributed by atoms with Gasteiger partial charge >= 0.3 is 0 Å². The second-order valence-corrected chi connectivity index (χ2v) is 8.23. The molecule has 0 bridgehead atoms. The summed E-state index contributed by atoms with van der Waals surface area (Å²) in [5, 5.41) is 9.63. The molecule has 158 valence electrons. The third-order valence-electron chi connectivity index (χ3n) is 5.57. The van der Waals surface area contributed by atoms with Gasteiger partial charge in [0.25, 0.3) is 5.91 Å². The number of carbonyl (C=O) groups excluding carboxylic acids is 1. The molecule has 0 spiro atoms. The lowest BCUT2D eigenvalue weighted by Crippen LogP contribution is -2.49. The van der Waals surface area contributed by atoms with Crippen LogP contribution in [0, 0.1) is 36.9 Å². The van der Waals surface area contributed by atoms with Crippen molar-refractivity contribution < 1.29 is 9.18 Å². The second-order valence-electron chi connectivity index (χ2n) is 8.23. The third kappa shape index (κ3) is 4.56. The Balaban J connectivity index is 1.73. The van der Waals surface area contributed by atoms with Crippen LogP contribution in [0.15, 0.2) is 35.9 Å². The number of nitrogens with zero attached hydrogens (tertiary/aromatic N) is 4. The molecular formula is C24H29FN4O. The van der Waals surface area contributed by atoms with Crippen molar-refractivity contribution in [2.45, 2.75) is 34.2 Å². The zero-order chi connectivity index (χ0) is 21.8. The molecular weight excluding hydrogens is 379 g/mol. The van der Waals surface area contributed by atoms with Crippen molar-refractivity contribution in [1.82, 2.24) is 9.47 Å². The van der Waals surface area contributed by atoms with Crippen molar-refractivity contribution in [2.75, 3.05) is 31.1 Å². The maximum Gasteiger partial charge on any atom is 0.264 e. The van der Waals surface area contributed by atoms with Crippen LogP contribution in [-0.4, -0.2) is 41.6 Å². The van der Waals surface area contributed by atoms with E-state index in [1.807, 2.05) is 30.9 Å². The summed E-state index contributed by atoms with van der Waals surface area (Å²) in [4.78, 5) is 16.6. The van der Waals surface area contributed by atoms with E-state index in [1.165, 1.54) is 6.07 Å². The lowest BCUT2D eigenvalue weighted by atomic mass is 10.1. The molecule has 6 heteroatoms. The summed E-state index contributed by atoms with van der Waals surface area (Å²) in [5.74, 6) is -0.0135. The molecule has 1 aromatic carbocycles. The lowest BCUT2D eigenvalue weighted by Gasteiger charge is -2.36. The Bertz CT molecular complexity index is 991. The van der Waals surface area contributed by atoms with Crippen LogP contribution < -0.4 is 4.90 Å². The highest BCUT2D eigenvalue weighted by Crippen LogP contribution is 2.22. The highest BCUT2D eigenvalue weighted by atomic mass is 19.1. The van der Waals surface area contributed by atoms with E-state index in [4.69, 9.17) is 0 Å². The van der Waals surface area contributed by atoms with Gasteiger partial charge in [-0.05, 0) is 49.6 Å². The first kappa shape index (κ1) is 21.6. The Hall–Kier alpha value is -3.07. The number of carbonyl (C=O) groups is 1. The van der Waals surface area contributed by atoms with Gasteiger partial charge in [0.05, 0.1) is 5.69 Å². The number of amides is 1. The maximum absolute atomic E-state index is 14.0. The number of anilines is 1. The minimum atomic E-state index is -0.264. The van der Waals surface area contributed by atoms with E-state index < -0.39 is 0 Å². The molecule has 2 aromatic rings.